The number of rotatable bonds is 8. The maximum absolute atomic E-state index is 13.5. The summed E-state index contributed by atoms with van der Waals surface area (Å²) in [6, 6.07) is 5.46. The van der Waals surface area contributed by atoms with Gasteiger partial charge in [-0.25, -0.2) is 19.7 Å². The zero-order valence-corrected chi connectivity index (χ0v) is 24.3. The molecule has 0 saturated heterocycles. The van der Waals surface area contributed by atoms with Gasteiger partial charge in [-0.1, -0.05) is 6.92 Å². The minimum Gasteiger partial charge on any atom is -0.481 e. The van der Waals surface area contributed by atoms with Crippen molar-refractivity contribution in [1.29, 1.82) is 5.26 Å². The molecule has 0 saturated carbocycles. The number of carbonyl (C=O) groups is 1. The van der Waals surface area contributed by atoms with Crippen LogP contribution in [0.3, 0.4) is 0 Å². The molecule has 1 amide bonds. The lowest BCUT2D eigenvalue weighted by Gasteiger charge is -2.39. The van der Waals surface area contributed by atoms with E-state index in [2.05, 4.69) is 20.3 Å². The number of halogens is 6. The lowest BCUT2D eigenvalue weighted by molar-refractivity contribution is -0.143. The Balaban J connectivity index is 1.77. The zero-order valence-electron chi connectivity index (χ0n) is 24.3. The van der Waals surface area contributed by atoms with Crippen LogP contribution in [0, 0.1) is 11.3 Å². The van der Waals surface area contributed by atoms with E-state index in [0.29, 0.717) is 36.4 Å². The van der Waals surface area contributed by atoms with Crippen LogP contribution in [0.5, 0.6) is 5.88 Å². The van der Waals surface area contributed by atoms with Crippen LogP contribution in [0.4, 0.5) is 42.8 Å². The highest BCUT2D eigenvalue weighted by molar-refractivity contribution is 5.90. The minimum atomic E-state index is -5.02. The van der Waals surface area contributed by atoms with Crippen LogP contribution in [0.2, 0.25) is 0 Å². The Kier molecular flexibility index (Phi) is 9.84. The highest BCUT2D eigenvalue weighted by atomic mass is 19.4. The van der Waals surface area contributed by atoms with Gasteiger partial charge < -0.3 is 14.8 Å². The second-order valence-corrected chi connectivity index (χ2v) is 9.97. The molecule has 0 unspecified atom stereocenters. The smallest absolute Gasteiger partial charge is 0.416 e. The fourth-order valence-corrected chi connectivity index (χ4v) is 5.00. The molecule has 1 aliphatic heterocycles. The Labute approximate surface area is 254 Å². The lowest BCUT2D eigenvalue weighted by Crippen LogP contribution is -2.46. The van der Waals surface area contributed by atoms with Gasteiger partial charge in [0.05, 0.1) is 54.0 Å². The summed E-state index contributed by atoms with van der Waals surface area (Å²) in [6.45, 7) is 3.74. The van der Waals surface area contributed by atoms with Crippen molar-refractivity contribution in [3.8, 4) is 11.9 Å². The summed E-state index contributed by atoms with van der Waals surface area (Å²) >= 11 is 0. The maximum Gasteiger partial charge on any atom is 0.416 e. The molecule has 45 heavy (non-hydrogen) atoms. The van der Waals surface area contributed by atoms with E-state index >= 15 is 0 Å². The van der Waals surface area contributed by atoms with E-state index in [1.807, 2.05) is 6.92 Å². The van der Waals surface area contributed by atoms with Crippen LogP contribution in [-0.2, 0) is 23.5 Å². The number of hydrogen-bond donors (Lipinski definition) is 1. The largest absolute Gasteiger partial charge is 0.481 e. The lowest BCUT2D eigenvalue weighted by atomic mass is 9.93. The van der Waals surface area contributed by atoms with Crippen molar-refractivity contribution >= 4 is 23.8 Å². The number of amides is 1. The summed E-state index contributed by atoms with van der Waals surface area (Å²) in [5, 5.41) is 12.2. The quantitative estimate of drug-likeness (QED) is 0.202. The van der Waals surface area contributed by atoms with E-state index in [4.69, 9.17) is 14.7 Å². The van der Waals surface area contributed by atoms with Crippen LogP contribution in [0.1, 0.15) is 66.4 Å². The van der Waals surface area contributed by atoms with E-state index < -0.39 is 42.0 Å². The Morgan fingerprint density at radius 3 is 2.38 bits per heavy atom. The number of carbonyl (C=O) groups excluding carboxylic acids is 1. The van der Waals surface area contributed by atoms with Crippen molar-refractivity contribution in [1.82, 2.24) is 15.0 Å². The van der Waals surface area contributed by atoms with Crippen molar-refractivity contribution in [2.75, 3.05) is 23.9 Å². The van der Waals surface area contributed by atoms with Crippen LogP contribution < -0.4 is 15.0 Å². The molecule has 1 aromatic carbocycles. The number of fused-ring (bicyclic) bond motifs is 1. The normalized spacial score (nSPS) is 16.7. The van der Waals surface area contributed by atoms with Gasteiger partial charge >= 0.3 is 18.4 Å². The first-order chi connectivity index (χ1) is 21.3. The first-order valence-corrected chi connectivity index (χ1v) is 13.8. The third-order valence-corrected chi connectivity index (χ3v) is 7.04. The van der Waals surface area contributed by atoms with Gasteiger partial charge in [-0.3, -0.25) is 4.90 Å². The van der Waals surface area contributed by atoms with E-state index in [-0.39, 0.29) is 47.4 Å². The minimum absolute atomic E-state index is 0.00198. The molecule has 3 aromatic rings. The third-order valence-electron chi connectivity index (χ3n) is 7.04. The molecule has 0 bridgehead atoms. The van der Waals surface area contributed by atoms with Gasteiger partial charge in [0, 0.05) is 36.4 Å². The van der Waals surface area contributed by atoms with Gasteiger partial charge in [0.2, 0.25) is 11.8 Å². The number of alkyl halides is 6. The Bertz CT molecular complexity index is 1590. The van der Waals surface area contributed by atoms with Crippen LogP contribution in [0.25, 0.3) is 6.08 Å². The molecule has 15 heteroatoms. The number of methoxy groups -OCH3 is 1. The Morgan fingerprint density at radius 2 is 1.80 bits per heavy atom. The second kappa shape index (κ2) is 13.4. The number of hydrogen-bond acceptors (Lipinski definition) is 8. The molecule has 1 N–H and O–H groups in total. The Morgan fingerprint density at radius 1 is 1.11 bits per heavy atom. The fourth-order valence-electron chi connectivity index (χ4n) is 5.00. The summed E-state index contributed by atoms with van der Waals surface area (Å²) in [5.41, 5.74) is -2.04. The standard InChI is InChI=1S/C30H28F6N6O3/c1-4-21-15-23(26-24(8-9-25(41-26)44-3)42(21)28(43)45-5-2)40-27-38-16-18(7-6-10-37)22(39-27)13-17-11-19(29(31,32)33)14-20(12-17)30(34,35)36/h6-9,11-12,14,16,21,23H,4-5,13,15H2,1-3H3,(H,38,39,40)/t21-,23+/m1/s1. The summed E-state index contributed by atoms with van der Waals surface area (Å²) < 4.78 is 91.6. The van der Waals surface area contributed by atoms with E-state index in [9.17, 15) is 31.1 Å². The summed E-state index contributed by atoms with van der Waals surface area (Å²) in [7, 11) is 1.43. The molecule has 3 heterocycles. The summed E-state index contributed by atoms with van der Waals surface area (Å²) in [6.07, 6.45) is -6.44. The molecule has 4 rings (SSSR count). The number of aromatic nitrogens is 3. The average Bonchev–Trinajstić information content (AvgIpc) is 2.99. The van der Waals surface area contributed by atoms with E-state index in [1.165, 1.54) is 24.3 Å². The predicted molar refractivity (Wildman–Crippen MR) is 151 cm³/mol. The SMILES string of the molecule is CCOC(=O)N1c2ccc(OC)nc2[C@@H](Nc2ncc(C=CC#N)c(Cc3cc(C(F)(F)F)cc(C(F)(F)F)c3)n2)C[C@H]1CC. The topological polar surface area (TPSA) is 113 Å². The molecular weight excluding hydrogens is 606 g/mol. The number of anilines is 2. The molecule has 0 spiro atoms. The van der Waals surface area contributed by atoms with Gasteiger partial charge in [-0.15, -0.1) is 0 Å². The Hall–Kier alpha value is -4.87. The van der Waals surface area contributed by atoms with Gasteiger partial charge in [-0.2, -0.15) is 31.6 Å². The molecule has 2 atom stereocenters. The van der Waals surface area contributed by atoms with Gasteiger partial charge in [-0.05, 0) is 55.7 Å². The first kappa shape index (κ1) is 33.0. The maximum atomic E-state index is 13.5. The molecular formula is C30H28F6N6O3. The first-order valence-electron chi connectivity index (χ1n) is 13.8. The number of allylic oxidation sites excluding steroid dienone is 1. The highest BCUT2D eigenvalue weighted by Crippen LogP contribution is 2.40. The van der Waals surface area contributed by atoms with Crippen molar-refractivity contribution < 1.29 is 40.6 Å². The van der Waals surface area contributed by atoms with Crippen molar-refractivity contribution in [2.24, 2.45) is 0 Å². The number of nitrogens with one attached hydrogen (secondary N) is 1. The summed E-state index contributed by atoms with van der Waals surface area (Å²) in [5.74, 6) is 0.269. The van der Waals surface area contributed by atoms with Crippen molar-refractivity contribution in [2.45, 2.75) is 57.5 Å². The van der Waals surface area contributed by atoms with Gasteiger partial charge in [0.1, 0.15) is 0 Å². The van der Waals surface area contributed by atoms with Gasteiger partial charge in [0.25, 0.3) is 0 Å². The zero-order chi connectivity index (χ0) is 32.9. The third kappa shape index (κ3) is 7.62. The van der Waals surface area contributed by atoms with Crippen LogP contribution in [-0.4, -0.2) is 40.8 Å². The number of pyridine rings is 1. The predicted octanol–water partition coefficient (Wildman–Crippen LogP) is 7.34. The molecule has 0 radical (unpaired) electrons. The molecule has 9 nitrogen and oxygen atoms in total. The van der Waals surface area contributed by atoms with Crippen LogP contribution >= 0.6 is 0 Å². The second-order valence-electron chi connectivity index (χ2n) is 9.97. The van der Waals surface area contributed by atoms with Crippen molar-refractivity contribution in [3.05, 3.63) is 76.2 Å². The number of ether oxygens (including phenoxy) is 2. The monoisotopic (exact) mass is 634 g/mol. The molecule has 2 aromatic heterocycles. The molecule has 1 aliphatic rings. The fraction of sp³-hybridized carbons (Fsp3) is 0.367. The number of nitrogens with zero attached hydrogens (tertiary/aromatic N) is 5. The molecule has 0 aliphatic carbocycles. The number of benzene rings is 1. The van der Waals surface area contributed by atoms with E-state index in [1.54, 1.807) is 25.1 Å². The van der Waals surface area contributed by atoms with Gasteiger partial charge in [0.15, 0.2) is 0 Å². The van der Waals surface area contributed by atoms with E-state index in [0.717, 1.165) is 6.08 Å². The number of nitriles is 1. The van der Waals surface area contributed by atoms with Crippen molar-refractivity contribution in [3.63, 3.8) is 0 Å². The molecule has 238 valence electrons. The van der Waals surface area contributed by atoms with Crippen LogP contribution in [0.15, 0.2) is 42.6 Å². The average molecular weight is 635 g/mol. The summed E-state index contributed by atoms with van der Waals surface area (Å²) in [4.78, 5) is 27.7. The highest BCUT2D eigenvalue weighted by Gasteiger charge is 2.39. The molecule has 0 fully saturated rings.